The molecule has 0 saturated heterocycles. The predicted molar refractivity (Wildman–Crippen MR) is 73.9 cm³/mol. The molecule has 1 aromatic heterocycles. The summed E-state index contributed by atoms with van der Waals surface area (Å²) in [4.78, 5) is 0. The molecule has 0 fully saturated rings. The quantitative estimate of drug-likeness (QED) is 0.646. The van der Waals surface area contributed by atoms with Crippen molar-refractivity contribution < 1.29 is 13.2 Å². The molecule has 9 heteroatoms. The van der Waals surface area contributed by atoms with E-state index in [1.165, 1.54) is 10.7 Å². The van der Waals surface area contributed by atoms with Crippen molar-refractivity contribution in [2.45, 2.75) is 18.6 Å². The standard InChI is InChI=1S/C12H13BrF3N5/c1-21-10(11(13)19-20-21)9(18-17)6-7-3-2-4-8(5-7)12(14,15)16/h2-5,9,18H,6,17H2,1H3. The van der Waals surface area contributed by atoms with Gasteiger partial charge in [-0.25, -0.2) is 4.68 Å². The molecule has 0 bridgehead atoms. The Bertz CT molecular complexity index is 606. The van der Waals surface area contributed by atoms with Gasteiger partial charge in [0, 0.05) is 7.05 Å². The summed E-state index contributed by atoms with van der Waals surface area (Å²) in [6, 6.07) is 4.74. The summed E-state index contributed by atoms with van der Waals surface area (Å²) in [7, 11) is 1.68. The molecule has 2 aromatic rings. The lowest BCUT2D eigenvalue weighted by molar-refractivity contribution is -0.137. The van der Waals surface area contributed by atoms with Crippen LogP contribution in [0.2, 0.25) is 0 Å². The summed E-state index contributed by atoms with van der Waals surface area (Å²) in [6.07, 6.45) is -4.09. The highest BCUT2D eigenvalue weighted by molar-refractivity contribution is 9.10. The van der Waals surface area contributed by atoms with Gasteiger partial charge in [0.15, 0.2) is 4.60 Å². The topological polar surface area (TPSA) is 68.8 Å². The minimum Gasteiger partial charge on any atom is -0.271 e. The molecule has 0 saturated carbocycles. The molecule has 0 spiro atoms. The van der Waals surface area contributed by atoms with Gasteiger partial charge in [0.2, 0.25) is 0 Å². The van der Waals surface area contributed by atoms with E-state index < -0.39 is 17.8 Å². The summed E-state index contributed by atoms with van der Waals surface area (Å²) in [5.74, 6) is 5.51. The lowest BCUT2D eigenvalue weighted by atomic mass is 10.0. The highest BCUT2D eigenvalue weighted by atomic mass is 79.9. The van der Waals surface area contributed by atoms with Crippen LogP contribution in [0.1, 0.15) is 22.9 Å². The Morgan fingerprint density at radius 2 is 2.14 bits per heavy atom. The monoisotopic (exact) mass is 363 g/mol. The van der Waals surface area contributed by atoms with E-state index in [0.29, 0.717) is 15.9 Å². The molecular weight excluding hydrogens is 351 g/mol. The van der Waals surface area contributed by atoms with Gasteiger partial charge < -0.3 is 0 Å². The zero-order valence-corrected chi connectivity index (χ0v) is 12.6. The summed E-state index contributed by atoms with van der Waals surface area (Å²) < 4.78 is 40.2. The number of hydrogen-bond donors (Lipinski definition) is 2. The molecule has 5 nitrogen and oxygen atoms in total. The third-order valence-corrected chi connectivity index (χ3v) is 3.62. The Balaban J connectivity index is 2.28. The maximum atomic E-state index is 12.7. The smallest absolute Gasteiger partial charge is 0.271 e. The van der Waals surface area contributed by atoms with Crippen molar-refractivity contribution >= 4 is 15.9 Å². The van der Waals surface area contributed by atoms with Gasteiger partial charge >= 0.3 is 6.18 Å². The van der Waals surface area contributed by atoms with E-state index in [-0.39, 0.29) is 6.42 Å². The van der Waals surface area contributed by atoms with E-state index >= 15 is 0 Å². The van der Waals surface area contributed by atoms with Crippen LogP contribution in [0.4, 0.5) is 13.2 Å². The number of halogens is 4. The van der Waals surface area contributed by atoms with Crippen LogP contribution in [-0.2, 0) is 19.6 Å². The fraction of sp³-hybridized carbons (Fsp3) is 0.333. The molecule has 0 radical (unpaired) electrons. The van der Waals surface area contributed by atoms with Crippen molar-refractivity contribution in [2.75, 3.05) is 0 Å². The van der Waals surface area contributed by atoms with E-state index in [1.54, 1.807) is 13.1 Å². The van der Waals surface area contributed by atoms with Crippen LogP contribution in [0.25, 0.3) is 0 Å². The van der Waals surface area contributed by atoms with Gasteiger partial charge in [-0.3, -0.25) is 11.3 Å². The number of rotatable bonds is 4. The zero-order valence-electron chi connectivity index (χ0n) is 11.0. The Hall–Kier alpha value is -1.45. The van der Waals surface area contributed by atoms with Crippen LogP contribution in [-0.4, -0.2) is 15.0 Å². The van der Waals surface area contributed by atoms with Crippen molar-refractivity contribution in [1.29, 1.82) is 0 Å². The van der Waals surface area contributed by atoms with E-state index in [9.17, 15) is 13.2 Å². The van der Waals surface area contributed by atoms with Gasteiger partial charge in [0.25, 0.3) is 0 Å². The highest BCUT2D eigenvalue weighted by Gasteiger charge is 2.30. The first-order chi connectivity index (χ1) is 9.82. The number of hydrogen-bond acceptors (Lipinski definition) is 4. The van der Waals surface area contributed by atoms with Crippen molar-refractivity contribution in [3.63, 3.8) is 0 Å². The lowest BCUT2D eigenvalue weighted by Crippen LogP contribution is -2.31. The molecule has 1 heterocycles. The average Bonchev–Trinajstić information content (AvgIpc) is 2.75. The Kier molecular flexibility index (Phi) is 4.64. The van der Waals surface area contributed by atoms with E-state index in [1.807, 2.05) is 0 Å². The number of nitrogens with one attached hydrogen (secondary N) is 1. The van der Waals surface area contributed by atoms with E-state index in [4.69, 9.17) is 5.84 Å². The van der Waals surface area contributed by atoms with Crippen molar-refractivity contribution in [2.24, 2.45) is 12.9 Å². The first-order valence-electron chi connectivity index (χ1n) is 6.00. The fourth-order valence-corrected chi connectivity index (χ4v) is 2.66. The van der Waals surface area contributed by atoms with E-state index in [2.05, 4.69) is 31.7 Å². The van der Waals surface area contributed by atoms with Crippen molar-refractivity contribution in [3.05, 3.63) is 45.7 Å². The van der Waals surface area contributed by atoms with Crippen molar-refractivity contribution in [1.82, 2.24) is 20.4 Å². The van der Waals surface area contributed by atoms with Crippen LogP contribution >= 0.6 is 15.9 Å². The molecule has 114 valence electrons. The maximum absolute atomic E-state index is 12.7. The fourth-order valence-electron chi connectivity index (χ4n) is 2.05. The number of benzene rings is 1. The van der Waals surface area contributed by atoms with Crippen LogP contribution in [0, 0.1) is 0 Å². The predicted octanol–water partition coefficient (Wildman–Crippen LogP) is 2.34. The second kappa shape index (κ2) is 6.12. The van der Waals surface area contributed by atoms with Crippen LogP contribution < -0.4 is 11.3 Å². The minimum absolute atomic E-state index is 0.278. The Labute approximate surface area is 127 Å². The summed E-state index contributed by atoms with van der Waals surface area (Å²) >= 11 is 3.25. The number of hydrazine groups is 1. The molecule has 3 N–H and O–H groups in total. The third-order valence-electron chi connectivity index (χ3n) is 3.05. The number of aromatic nitrogens is 3. The van der Waals surface area contributed by atoms with Crippen LogP contribution in [0.3, 0.4) is 0 Å². The average molecular weight is 364 g/mol. The van der Waals surface area contributed by atoms with Gasteiger partial charge in [-0.2, -0.15) is 13.2 Å². The number of aryl methyl sites for hydroxylation is 1. The highest BCUT2D eigenvalue weighted by Crippen LogP contribution is 2.31. The molecule has 1 atom stereocenters. The summed E-state index contributed by atoms with van der Waals surface area (Å²) in [5, 5.41) is 7.67. The van der Waals surface area contributed by atoms with Gasteiger partial charge in [-0.05, 0) is 34.0 Å². The molecule has 0 aliphatic heterocycles. The maximum Gasteiger partial charge on any atom is 0.416 e. The summed E-state index contributed by atoms with van der Waals surface area (Å²) in [5.41, 5.74) is 3.07. The first-order valence-corrected chi connectivity index (χ1v) is 6.79. The van der Waals surface area contributed by atoms with Gasteiger partial charge in [-0.15, -0.1) is 5.10 Å². The zero-order chi connectivity index (χ0) is 15.6. The molecule has 1 aromatic carbocycles. The molecular formula is C12H13BrF3N5. The number of nitrogens with zero attached hydrogens (tertiary/aromatic N) is 3. The molecule has 0 amide bonds. The minimum atomic E-state index is -4.36. The number of alkyl halides is 3. The van der Waals surface area contributed by atoms with E-state index in [0.717, 1.165) is 12.1 Å². The number of nitrogens with two attached hydrogens (primary N) is 1. The Morgan fingerprint density at radius 3 is 2.67 bits per heavy atom. The second-order valence-corrected chi connectivity index (χ2v) is 5.26. The lowest BCUT2D eigenvalue weighted by Gasteiger charge is -2.17. The molecule has 21 heavy (non-hydrogen) atoms. The van der Waals surface area contributed by atoms with Crippen molar-refractivity contribution in [3.8, 4) is 0 Å². The molecule has 2 rings (SSSR count). The largest absolute Gasteiger partial charge is 0.416 e. The Morgan fingerprint density at radius 1 is 1.43 bits per heavy atom. The van der Waals surface area contributed by atoms with Gasteiger partial charge in [0.05, 0.1) is 17.3 Å². The second-order valence-electron chi connectivity index (χ2n) is 4.51. The van der Waals surface area contributed by atoms with Crippen LogP contribution in [0.5, 0.6) is 0 Å². The summed E-state index contributed by atoms with van der Waals surface area (Å²) in [6.45, 7) is 0. The van der Waals surface area contributed by atoms with Gasteiger partial charge in [0.1, 0.15) is 0 Å². The normalized spacial score (nSPS) is 13.4. The molecule has 0 aliphatic carbocycles. The molecule has 0 aliphatic rings. The van der Waals surface area contributed by atoms with Gasteiger partial charge in [-0.1, -0.05) is 23.4 Å². The first kappa shape index (κ1) is 15.9. The SMILES string of the molecule is Cn1nnc(Br)c1C(Cc1cccc(C(F)(F)F)c1)NN. The molecule has 1 unspecified atom stereocenters. The third kappa shape index (κ3) is 3.60. The van der Waals surface area contributed by atoms with Crippen LogP contribution in [0.15, 0.2) is 28.9 Å².